The van der Waals surface area contributed by atoms with Crippen molar-refractivity contribution in [2.45, 2.75) is 30.9 Å². The fraction of sp³-hybridized carbons (Fsp3) is 0.231. The van der Waals surface area contributed by atoms with Crippen molar-refractivity contribution in [1.29, 1.82) is 5.41 Å². The molecule has 0 atom stereocenters. The second-order valence-corrected chi connectivity index (χ2v) is 5.13. The summed E-state index contributed by atoms with van der Waals surface area (Å²) in [5.41, 5.74) is 8.28. The lowest BCUT2D eigenvalue weighted by Crippen LogP contribution is -2.12. The number of hydrogen-bond acceptors (Lipinski definition) is 4. The van der Waals surface area contributed by atoms with Gasteiger partial charge in [0.2, 0.25) is 0 Å². The van der Waals surface area contributed by atoms with Crippen molar-refractivity contribution >= 4 is 17.6 Å². The molecule has 5 heteroatoms. The number of nitrogens with zero attached hydrogens (tertiary/aromatic N) is 1. The van der Waals surface area contributed by atoms with Gasteiger partial charge in [-0.25, -0.2) is 4.98 Å². The molecule has 3 N–H and O–H groups in total. The van der Waals surface area contributed by atoms with Gasteiger partial charge in [-0.05, 0) is 50.2 Å². The Bertz CT molecular complexity index is 585. The van der Waals surface area contributed by atoms with E-state index < -0.39 is 0 Å². The minimum Gasteiger partial charge on any atom is -0.436 e. The van der Waals surface area contributed by atoms with Gasteiger partial charge >= 0.3 is 0 Å². The van der Waals surface area contributed by atoms with E-state index in [4.69, 9.17) is 15.6 Å². The molecule has 1 heterocycles. The molecule has 1 aromatic carbocycles. The van der Waals surface area contributed by atoms with Crippen molar-refractivity contribution in [2.24, 2.45) is 5.73 Å². The molecule has 0 spiro atoms. The lowest BCUT2D eigenvalue weighted by Gasteiger charge is -2.06. The van der Waals surface area contributed by atoms with Gasteiger partial charge in [0.05, 0.1) is 5.69 Å². The molecule has 0 saturated carbocycles. The van der Waals surface area contributed by atoms with Gasteiger partial charge in [-0.3, -0.25) is 5.41 Å². The van der Waals surface area contributed by atoms with Crippen LogP contribution >= 0.6 is 11.8 Å². The summed E-state index contributed by atoms with van der Waals surface area (Å²) in [7, 11) is 0. The third-order valence-electron chi connectivity index (χ3n) is 2.63. The van der Waals surface area contributed by atoms with E-state index in [1.807, 2.05) is 39.0 Å². The summed E-state index contributed by atoms with van der Waals surface area (Å²) < 4.78 is 5.53. The Morgan fingerprint density at radius 2 is 2.06 bits per heavy atom. The summed E-state index contributed by atoms with van der Waals surface area (Å²) in [6, 6.07) is 5.77. The van der Waals surface area contributed by atoms with Gasteiger partial charge < -0.3 is 10.2 Å². The first-order valence-electron chi connectivity index (χ1n) is 5.54. The van der Waals surface area contributed by atoms with Crippen molar-refractivity contribution in [3.8, 4) is 0 Å². The Labute approximate surface area is 110 Å². The zero-order valence-electron chi connectivity index (χ0n) is 10.6. The normalized spacial score (nSPS) is 10.6. The van der Waals surface area contributed by atoms with Crippen LogP contribution in [0, 0.1) is 26.2 Å². The van der Waals surface area contributed by atoms with E-state index in [9.17, 15) is 0 Å². The van der Waals surface area contributed by atoms with Gasteiger partial charge in [0.25, 0.3) is 5.22 Å². The highest BCUT2D eigenvalue weighted by molar-refractivity contribution is 7.99. The van der Waals surface area contributed by atoms with Gasteiger partial charge in [0.15, 0.2) is 0 Å². The maximum atomic E-state index is 7.57. The molecule has 0 unspecified atom stereocenters. The molecule has 0 aliphatic heterocycles. The first-order valence-corrected chi connectivity index (χ1v) is 6.36. The number of nitrogens with two attached hydrogens (primary N) is 1. The van der Waals surface area contributed by atoms with Crippen LogP contribution in [0.2, 0.25) is 0 Å². The number of hydrogen-bond donors (Lipinski definition) is 2. The van der Waals surface area contributed by atoms with Crippen molar-refractivity contribution in [3.63, 3.8) is 0 Å². The molecule has 0 amide bonds. The number of aromatic nitrogens is 1. The Morgan fingerprint density at radius 1 is 1.33 bits per heavy atom. The van der Waals surface area contributed by atoms with Crippen LogP contribution in [0.1, 0.15) is 22.6 Å². The van der Waals surface area contributed by atoms with Crippen LogP contribution in [0.5, 0.6) is 0 Å². The lowest BCUT2D eigenvalue weighted by atomic mass is 10.1. The molecular weight excluding hydrogens is 246 g/mol. The topological polar surface area (TPSA) is 75.9 Å². The first-order chi connectivity index (χ1) is 8.47. The lowest BCUT2D eigenvalue weighted by molar-refractivity contribution is 0.431. The number of nitrogen functional groups attached to an aromatic ring is 1. The average Bonchev–Trinajstić information content (AvgIpc) is 2.57. The van der Waals surface area contributed by atoms with Gasteiger partial charge in [-0.2, -0.15) is 0 Å². The number of nitrogens with one attached hydrogen (secondary N) is 1. The molecule has 2 rings (SSSR count). The number of rotatable bonds is 3. The zero-order valence-corrected chi connectivity index (χ0v) is 11.4. The summed E-state index contributed by atoms with van der Waals surface area (Å²) in [4.78, 5) is 5.21. The van der Waals surface area contributed by atoms with E-state index in [1.165, 1.54) is 11.8 Å². The van der Waals surface area contributed by atoms with Crippen molar-refractivity contribution in [3.05, 3.63) is 40.8 Å². The molecule has 0 fully saturated rings. The van der Waals surface area contributed by atoms with E-state index in [2.05, 4.69) is 4.98 Å². The summed E-state index contributed by atoms with van der Waals surface area (Å²) in [6.45, 7) is 5.79. The number of benzene rings is 1. The molecule has 0 bridgehead atoms. The van der Waals surface area contributed by atoms with E-state index in [0.717, 1.165) is 21.9 Å². The minimum atomic E-state index is 0.0532. The maximum absolute atomic E-state index is 7.57. The van der Waals surface area contributed by atoms with Crippen LogP contribution < -0.4 is 5.73 Å². The van der Waals surface area contributed by atoms with Gasteiger partial charge in [0, 0.05) is 10.5 Å². The van der Waals surface area contributed by atoms with Crippen molar-refractivity contribution < 1.29 is 4.42 Å². The molecule has 0 aliphatic carbocycles. The van der Waals surface area contributed by atoms with E-state index in [1.54, 1.807) is 0 Å². The molecular formula is C13H15N3OS. The summed E-state index contributed by atoms with van der Waals surface area (Å²) in [6.07, 6.45) is 0. The van der Waals surface area contributed by atoms with E-state index in [-0.39, 0.29) is 5.84 Å². The monoisotopic (exact) mass is 261 g/mol. The molecule has 1 aromatic heterocycles. The maximum Gasteiger partial charge on any atom is 0.261 e. The Kier molecular flexibility index (Phi) is 3.43. The predicted octanol–water partition coefficient (Wildman–Crippen LogP) is 3.04. The second kappa shape index (κ2) is 4.86. The summed E-state index contributed by atoms with van der Waals surface area (Å²) in [5, 5.41) is 8.15. The van der Waals surface area contributed by atoms with Gasteiger partial charge in [-0.1, -0.05) is 6.07 Å². The smallest absolute Gasteiger partial charge is 0.261 e. The molecule has 0 aliphatic rings. The van der Waals surface area contributed by atoms with Crippen LogP contribution in [0.25, 0.3) is 0 Å². The molecule has 4 nitrogen and oxygen atoms in total. The standard InChI is InChI=1S/C13H15N3OS/c1-7-4-5-10(12(14)15)11(6-7)18-13-16-8(2)9(3)17-13/h4-6H,1-3H3,(H3,14,15). The molecule has 18 heavy (non-hydrogen) atoms. The van der Waals surface area contributed by atoms with Gasteiger partial charge in [0.1, 0.15) is 11.6 Å². The van der Waals surface area contributed by atoms with Crippen molar-refractivity contribution in [1.82, 2.24) is 4.98 Å². The highest BCUT2D eigenvalue weighted by Gasteiger charge is 2.12. The van der Waals surface area contributed by atoms with Crippen LogP contribution in [0.4, 0.5) is 0 Å². The average molecular weight is 261 g/mol. The van der Waals surface area contributed by atoms with Crippen LogP contribution in [-0.4, -0.2) is 10.8 Å². The predicted molar refractivity (Wildman–Crippen MR) is 72.3 cm³/mol. The van der Waals surface area contributed by atoms with E-state index >= 15 is 0 Å². The molecule has 94 valence electrons. The quantitative estimate of drug-likeness (QED) is 0.657. The van der Waals surface area contributed by atoms with Crippen LogP contribution in [0.15, 0.2) is 32.7 Å². The fourth-order valence-corrected chi connectivity index (χ4v) is 2.59. The third kappa shape index (κ3) is 2.56. The first kappa shape index (κ1) is 12.7. The fourth-order valence-electron chi connectivity index (χ4n) is 1.52. The largest absolute Gasteiger partial charge is 0.436 e. The zero-order chi connectivity index (χ0) is 13.3. The van der Waals surface area contributed by atoms with Crippen molar-refractivity contribution in [2.75, 3.05) is 0 Å². The number of oxazole rings is 1. The highest BCUT2D eigenvalue weighted by Crippen LogP contribution is 2.31. The van der Waals surface area contributed by atoms with Gasteiger partial charge in [-0.15, -0.1) is 0 Å². The molecule has 0 radical (unpaired) electrons. The minimum absolute atomic E-state index is 0.0532. The van der Waals surface area contributed by atoms with Crippen LogP contribution in [0.3, 0.4) is 0 Å². The SMILES string of the molecule is Cc1ccc(C(=N)N)c(Sc2nc(C)c(C)o2)c1. The van der Waals surface area contributed by atoms with E-state index in [0.29, 0.717) is 10.8 Å². The third-order valence-corrected chi connectivity index (χ3v) is 3.54. The highest BCUT2D eigenvalue weighted by atomic mass is 32.2. The summed E-state index contributed by atoms with van der Waals surface area (Å²) >= 11 is 1.39. The molecule has 2 aromatic rings. The number of amidine groups is 1. The Hall–Kier alpha value is -1.75. The van der Waals surface area contributed by atoms with Crippen LogP contribution in [-0.2, 0) is 0 Å². The summed E-state index contributed by atoms with van der Waals surface area (Å²) in [5.74, 6) is 0.868. The molecule has 0 saturated heterocycles. The Balaban J connectivity index is 2.38. The Morgan fingerprint density at radius 3 is 2.61 bits per heavy atom. The second-order valence-electron chi connectivity index (χ2n) is 4.14. The number of aryl methyl sites for hydroxylation is 3.